The number of halogens is 4. The van der Waals surface area contributed by atoms with E-state index in [4.69, 9.17) is 39.5 Å². The zero-order valence-electron chi connectivity index (χ0n) is 12.6. The second-order valence-corrected chi connectivity index (χ2v) is 8.62. The maximum Gasteiger partial charge on any atom is 0.340 e. The Morgan fingerprint density at radius 2 is 1.71 bits per heavy atom. The summed E-state index contributed by atoms with van der Waals surface area (Å²) in [5.41, 5.74) is 0.282. The van der Waals surface area contributed by atoms with Crippen LogP contribution in [0.1, 0.15) is 29.6 Å². The molecule has 1 fully saturated rings. The smallest absolute Gasteiger partial charge is 0.340 e. The van der Waals surface area contributed by atoms with Crippen molar-refractivity contribution in [2.75, 3.05) is 13.1 Å². The molecule has 1 saturated heterocycles. The number of benzene rings is 1. The van der Waals surface area contributed by atoms with Crippen LogP contribution in [0.3, 0.4) is 0 Å². The highest BCUT2D eigenvalue weighted by Crippen LogP contribution is 2.31. The lowest BCUT2D eigenvalue weighted by molar-refractivity contribution is 0.0240. The largest absolute Gasteiger partial charge is 0.433 e. The van der Waals surface area contributed by atoms with Crippen LogP contribution in [0.5, 0.6) is 0 Å². The molecule has 0 aliphatic carbocycles. The lowest BCUT2D eigenvalue weighted by Crippen LogP contribution is -2.52. The molecule has 0 saturated carbocycles. The van der Waals surface area contributed by atoms with Gasteiger partial charge >= 0.3 is 12.0 Å². The third kappa shape index (κ3) is 5.69. The quantitative estimate of drug-likeness (QED) is 0.412. The predicted molar refractivity (Wildman–Crippen MR) is 97.6 cm³/mol. The maximum absolute atomic E-state index is 12.3. The first-order valence-corrected chi connectivity index (χ1v) is 9.29. The number of hydrogen-bond donors (Lipinski definition) is 1. The molecule has 0 spiro atoms. The van der Waals surface area contributed by atoms with Gasteiger partial charge in [0.1, 0.15) is 0 Å². The van der Waals surface area contributed by atoms with Crippen molar-refractivity contribution in [1.29, 1.82) is 0 Å². The van der Waals surface area contributed by atoms with Crippen LogP contribution in [0.2, 0.25) is 0 Å². The second kappa shape index (κ2) is 8.61. The third-order valence-electron chi connectivity index (χ3n) is 3.50. The Morgan fingerprint density at radius 1 is 1.12 bits per heavy atom. The van der Waals surface area contributed by atoms with Gasteiger partial charge in [-0.05, 0) is 43.5 Å². The van der Waals surface area contributed by atoms with Crippen molar-refractivity contribution in [3.63, 3.8) is 0 Å². The van der Waals surface area contributed by atoms with E-state index in [2.05, 4.69) is 21.2 Å². The van der Waals surface area contributed by atoms with E-state index in [1.165, 1.54) is 0 Å². The molecule has 0 radical (unpaired) electrons. The number of carbonyl (C=O) groups excluding carboxylic acids is 2. The van der Waals surface area contributed by atoms with E-state index in [-0.39, 0.29) is 5.56 Å². The van der Waals surface area contributed by atoms with Gasteiger partial charge in [-0.1, -0.05) is 50.7 Å². The van der Waals surface area contributed by atoms with E-state index in [1.807, 2.05) is 0 Å². The van der Waals surface area contributed by atoms with E-state index < -0.39 is 22.0 Å². The predicted octanol–water partition coefficient (Wildman–Crippen LogP) is 4.50. The number of urea groups is 1. The van der Waals surface area contributed by atoms with Gasteiger partial charge in [0.2, 0.25) is 10.0 Å². The molecule has 1 aromatic carbocycles. The van der Waals surface area contributed by atoms with Gasteiger partial charge in [-0.25, -0.2) is 9.59 Å². The van der Waals surface area contributed by atoms with Gasteiger partial charge in [-0.2, -0.15) is 0 Å². The number of rotatable bonds is 3. The van der Waals surface area contributed by atoms with Crippen LogP contribution in [-0.2, 0) is 4.74 Å². The first-order chi connectivity index (χ1) is 11.3. The fourth-order valence-corrected chi connectivity index (χ4v) is 2.80. The van der Waals surface area contributed by atoms with Gasteiger partial charge in [0.25, 0.3) is 0 Å². The Balaban J connectivity index is 2.03. The molecule has 0 unspecified atom stereocenters. The maximum atomic E-state index is 12.3. The summed E-state index contributed by atoms with van der Waals surface area (Å²) in [5.74, 6) is -0.697. The summed E-state index contributed by atoms with van der Waals surface area (Å²) in [6.07, 6.45) is 1.53. The van der Waals surface area contributed by atoms with Crippen molar-refractivity contribution in [1.82, 2.24) is 10.2 Å². The van der Waals surface area contributed by atoms with E-state index in [0.29, 0.717) is 13.1 Å². The van der Waals surface area contributed by atoms with E-state index in [1.54, 1.807) is 29.2 Å². The summed E-state index contributed by atoms with van der Waals surface area (Å²) in [6, 6.07) is 6.08. The molecule has 1 N–H and O–H groups in total. The van der Waals surface area contributed by atoms with Crippen LogP contribution >= 0.6 is 50.7 Å². The van der Waals surface area contributed by atoms with Gasteiger partial charge < -0.3 is 9.64 Å². The van der Waals surface area contributed by atoms with E-state index in [9.17, 15) is 9.59 Å². The van der Waals surface area contributed by atoms with Crippen LogP contribution < -0.4 is 5.32 Å². The molecule has 1 aliphatic heterocycles. The highest BCUT2D eigenvalue weighted by molar-refractivity contribution is 9.10. The van der Waals surface area contributed by atoms with Gasteiger partial charge in [0, 0.05) is 17.6 Å². The lowest BCUT2D eigenvalue weighted by Gasteiger charge is -2.31. The van der Waals surface area contributed by atoms with Gasteiger partial charge in [-0.15, -0.1) is 0 Å². The summed E-state index contributed by atoms with van der Waals surface area (Å²) in [5, 5.41) is 2.48. The highest BCUT2D eigenvalue weighted by Gasteiger charge is 2.38. The Hall–Kier alpha value is -0.690. The second-order valence-electron chi connectivity index (χ2n) is 5.33. The van der Waals surface area contributed by atoms with Gasteiger partial charge in [0.05, 0.1) is 5.56 Å². The molecule has 2 rings (SSSR count). The van der Waals surface area contributed by atoms with Crippen LogP contribution in [0, 0.1) is 0 Å². The molecule has 1 aliphatic rings. The molecule has 1 aromatic rings. The number of amides is 2. The number of piperidine rings is 1. The Kier molecular flexibility index (Phi) is 7.04. The fourth-order valence-electron chi connectivity index (χ4n) is 2.24. The molecule has 24 heavy (non-hydrogen) atoms. The third-order valence-corrected chi connectivity index (χ3v) is 4.62. The van der Waals surface area contributed by atoms with E-state index >= 15 is 0 Å². The molecule has 132 valence electrons. The minimum atomic E-state index is -1.99. The molecule has 5 nitrogen and oxygen atoms in total. The molecular weight excluding hydrogens is 442 g/mol. The minimum absolute atomic E-state index is 0.282. The Bertz CT molecular complexity index is 587. The molecule has 2 amide bonds. The summed E-state index contributed by atoms with van der Waals surface area (Å²) in [7, 11) is 0. The number of nitrogens with one attached hydrogen (secondary N) is 1. The molecule has 1 atom stereocenters. The van der Waals surface area contributed by atoms with Crippen molar-refractivity contribution >= 4 is 62.7 Å². The normalized spacial score (nSPS) is 16.4. The molecule has 1 heterocycles. The lowest BCUT2D eigenvalue weighted by atomic mass is 10.1. The average molecular weight is 459 g/mol. The van der Waals surface area contributed by atoms with Gasteiger partial charge in [0.15, 0.2) is 0 Å². The number of nitrogens with zero attached hydrogens (tertiary/aromatic N) is 1. The molecule has 0 bridgehead atoms. The monoisotopic (exact) mass is 456 g/mol. The minimum Gasteiger partial charge on any atom is -0.433 e. The van der Waals surface area contributed by atoms with Crippen molar-refractivity contribution in [3.05, 3.63) is 34.3 Å². The van der Waals surface area contributed by atoms with E-state index in [0.717, 1.165) is 23.7 Å². The number of alkyl halides is 3. The van der Waals surface area contributed by atoms with Crippen LogP contribution in [0.15, 0.2) is 28.7 Å². The number of carbonyl (C=O) groups is 2. The first kappa shape index (κ1) is 19.6. The SMILES string of the molecule is O=C(O[C@H](NC(=O)N1CCCCC1)C(Cl)(Cl)Cl)c1ccc(Br)cc1. The molecule has 0 aromatic heterocycles. The van der Waals surface area contributed by atoms with Crippen LogP contribution in [0.25, 0.3) is 0 Å². The first-order valence-electron chi connectivity index (χ1n) is 7.36. The number of likely N-dealkylation sites (tertiary alicyclic amines) is 1. The van der Waals surface area contributed by atoms with Crippen molar-refractivity contribution < 1.29 is 14.3 Å². The summed E-state index contributed by atoms with van der Waals surface area (Å²) in [4.78, 5) is 26.1. The van der Waals surface area contributed by atoms with Crippen LogP contribution in [-0.4, -0.2) is 40.0 Å². The number of hydrogen-bond acceptors (Lipinski definition) is 3. The van der Waals surface area contributed by atoms with Crippen molar-refractivity contribution in [2.24, 2.45) is 0 Å². The highest BCUT2D eigenvalue weighted by atomic mass is 79.9. The van der Waals surface area contributed by atoms with Crippen molar-refractivity contribution in [3.8, 4) is 0 Å². The Labute approximate surface area is 163 Å². The Morgan fingerprint density at radius 3 is 2.25 bits per heavy atom. The van der Waals surface area contributed by atoms with Crippen molar-refractivity contribution in [2.45, 2.75) is 29.3 Å². The average Bonchev–Trinajstić information content (AvgIpc) is 2.54. The number of ether oxygens (including phenoxy) is 1. The number of esters is 1. The molecular formula is C15H16BrCl3N2O3. The topological polar surface area (TPSA) is 58.6 Å². The zero-order valence-corrected chi connectivity index (χ0v) is 16.5. The standard InChI is InChI=1S/C15H16BrCl3N2O3/c16-11-6-4-10(5-7-11)12(22)24-13(15(17,18)19)20-14(23)21-8-2-1-3-9-21/h4-7,13H,1-3,8-9H2,(H,20,23)/t13-/m0/s1. The molecule has 9 heteroatoms. The summed E-state index contributed by atoms with van der Waals surface area (Å²) >= 11 is 20.8. The van der Waals surface area contributed by atoms with Gasteiger partial charge in [-0.3, -0.25) is 5.32 Å². The fraction of sp³-hybridized carbons (Fsp3) is 0.467. The summed E-state index contributed by atoms with van der Waals surface area (Å²) in [6.45, 7) is 1.25. The zero-order chi connectivity index (χ0) is 17.7. The van der Waals surface area contributed by atoms with Crippen LogP contribution in [0.4, 0.5) is 4.79 Å². The summed E-state index contributed by atoms with van der Waals surface area (Å²) < 4.78 is 4.02.